The molecule has 0 unspecified atom stereocenters. The first-order chi connectivity index (χ1) is 12.4. The monoisotopic (exact) mass is 376 g/mol. The third-order valence-electron chi connectivity index (χ3n) is 4.17. The lowest BCUT2D eigenvalue weighted by atomic mass is 10.0. The quantitative estimate of drug-likeness (QED) is 0.834. The molecule has 0 amide bonds. The lowest BCUT2D eigenvalue weighted by molar-refractivity contribution is -0.192. The number of halogens is 3. The van der Waals surface area contributed by atoms with Gasteiger partial charge in [-0.1, -0.05) is 30.3 Å². The van der Waals surface area contributed by atoms with E-state index in [2.05, 4.69) is 40.5 Å². The predicted molar refractivity (Wildman–Crippen MR) is 87.8 cm³/mol. The fourth-order valence-electron chi connectivity index (χ4n) is 2.87. The van der Waals surface area contributed by atoms with E-state index >= 15 is 0 Å². The van der Waals surface area contributed by atoms with Gasteiger partial charge in [0, 0.05) is 25.7 Å². The number of carbonyl (C=O) groups is 1. The summed E-state index contributed by atoms with van der Waals surface area (Å²) in [7, 11) is 0. The number of benzene rings is 1. The minimum absolute atomic E-state index is 0.387. The van der Waals surface area contributed by atoms with E-state index in [0.29, 0.717) is 12.1 Å². The van der Waals surface area contributed by atoms with Crippen molar-refractivity contribution in [2.45, 2.75) is 24.8 Å². The smallest absolute Gasteiger partial charge is 0.475 e. The van der Waals surface area contributed by atoms with Gasteiger partial charge in [-0.3, -0.25) is 4.90 Å². The summed E-state index contributed by atoms with van der Waals surface area (Å²) < 4.78 is 43.0. The lowest BCUT2D eigenvalue weighted by Crippen LogP contribution is -2.59. The first-order valence-corrected chi connectivity index (χ1v) is 8.35. The van der Waals surface area contributed by atoms with Crippen molar-refractivity contribution < 1.29 is 32.5 Å². The highest BCUT2D eigenvalue weighted by Crippen LogP contribution is 2.16. The Morgan fingerprint density at radius 1 is 1.19 bits per heavy atom. The number of hydrogen-bond acceptors (Lipinski definition) is 5. The molecule has 146 valence electrons. The van der Waals surface area contributed by atoms with Gasteiger partial charge in [-0.25, -0.2) is 4.79 Å². The van der Waals surface area contributed by atoms with Gasteiger partial charge < -0.3 is 19.9 Å². The number of ether oxygens (including phenoxy) is 2. The molecule has 0 aliphatic carbocycles. The van der Waals surface area contributed by atoms with E-state index in [1.54, 1.807) is 0 Å². The zero-order chi connectivity index (χ0) is 19.0. The molecule has 2 atom stereocenters. The molecule has 1 aromatic rings. The summed E-state index contributed by atoms with van der Waals surface area (Å²) in [4.78, 5) is 11.4. The number of rotatable bonds is 3. The highest BCUT2D eigenvalue weighted by atomic mass is 19.4. The van der Waals surface area contributed by atoms with Gasteiger partial charge in [-0.2, -0.15) is 13.2 Å². The Morgan fingerprint density at radius 2 is 1.85 bits per heavy atom. The number of carboxylic acid groups (broad SMARTS) is 1. The standard InChI is InChI=1S/C15H22N2O2.C2HF3O2/c1-2-4-13(5-3-1)10-17-7-9-19-12-15(17)14-11-18-8-6-16-14;3-2(4,5)1(6)7/h1-5,14-16H,6-12H2;(H,6,7)/t14-,15-;/m1./s1. The molecular weight excluding hydrogens is 353 g/mol. The van der Waals surface area contributed by atoms with Crippen LogP contribution in [0.1, 0.15) is 5.56 Å². The van der Waals surface area contributed by atoms with Crippen molar-refractivity contribution in [3.05, 3.63) is 35.9 Å². The number of nitrogens with one attached hydrogen (secondary N) is 1. The number of morpholine rings is 2. The Hall–Kier alpha value is -1.68. The maximum atomic E-state index is 10.6. The van der Waals surface area contributed by atoms with E-state index in [9.17, 15) is 13.2 Å². The molecule has 0 saturated carbocycles. The largest absolute Gasteiger partial charge is 0.490 e. The summed E-state index contributed by atoms with van der Waals surface area (Å²) in [5.41, 5.74) is 1.37. The molecule has 2 fully saturated rings. The van der Waals surface area contributed by atoms with Crippen LogP contribution in [0.25, 0.3) is 0 Å². The molecule has 2 aliphatic heterocycles. The second-order valence-corrected chi connectivity index (χ2v) is 6.04. The Bertz CT molecular complexity index is 551. The van der Waals surface area contributed by atoms with E-state index in [0.717, 1.165) is 46.1 Å². The average molecular weight is 376 g/mol. The maximum absolute atomic E-state index is 10.6. The van der Waals surface area contributed by atoms with E-state index in [4.69, 9.17) is 19.4 Å². The molecule has 0 bridgehead atoms. The summed E-state index contributed by atoms with van der Waals surface area (Å²) in [5, 5.41) is 10.7. The molecule has 0 aromatic heterocycles. The van der Waals surface area contributed by atoms with Crippen LogP contribution in [0.2, 0.25) is 0 Å². The summed E-state index contributed by atoms with van der Waals surface area (Å²) in [5.74, 6) is -2.76. The normalized spacial score (nSPS) is 24.4. The van der Waals surface area contributed by atoms with Crippen molar-refractivity contribution >= 4 is 5.97 Å². The molecule has 6 nitrogen and oxygen atoms in total. The van der Waals surface area contributed by atoms with Gasteiger partial charge in [0.2, 0.25) is 0 Å². The zero-order valence-electron chi connectivity index (χ0n) is 14.2. The minimum atomic E-state index is -5.08. The van der Waals surface area contributed by atoms with Crippen LogP contribution in [0.5, 0.6) is 0 Å². The topological polar surface area (TPSA) is 71.0 Å². The van der Waals surface area contributed by atoms with Crippen LogP contribution < -0.4 is 5.32 Å². The maximum Gasteiger partial charge on any atom is 0.490 e. The van der Waals surface area contributed by atoms with Crippen molar-refractivity contribution in [3.63, 3.8) is 0 Å². The number of alkyl halides is 3. The van der Waals surface area contributed by atoms with E-state index in [-0.39, 0.29) is 0 Å². The Balaban J connectivity index is 0.000000298. The Kier molecular flexibility index (Phi) is 7.83. The fraction of sp³-hybridized carbons (Fsp3) is 0.588. The molecule has 2 heterocycles. The Labute approximate surface area is 149 Å². The van der Waals surface area contributed by atoms with Gasteiger partial charge in [0.15, 0.2) is 0 Å². The van der Waals surface area contributed by atoms with Gasteiger partial charge >= 0.3 is 12.1 Å². The van der Waals surface area contributed by atoms with E-state index < -0.39 is 12.1 Å². The van der Waals surface area contributed by atoms with E-state index in [1.165, 1.54) is 5.56 Å². The van der Waals surface area contributed by atoms with Crippen molar-refractivity contribution in [3.8, 4) is 0 Å². The van der Waals surface area contributed by atoms with Crippen LogP contribution in [0, 0.1) is 0 Å². The molecule has 26 heavy (non-hydrogen) atoms. The van der Waals surface area contributed by atoms with Gasteiger partial charge in [0.1, 0.15) is 0 Å². The molecule has 0 spiro atoms. The first kappa shape index (κ1) is 20.6. The van der Waals surface area contributed by atoms with Crippen molar-refractivity contribution in [1.82, 2.24) is 10.2 Å². The molecule has 2 saturated heterocycles. The third kappa shape index (κ3) is 6.56. The Morgan fingerprint density at radius 3 is 2.42 bits per heavy atom. The summed E-state index contributed by atoms with van der Waals surface area (Å²) in [6.45, 7) is 6.18. The minimum Gasteiger partial charge on any atom is -0.475 e. The number of aliphatic carboxylic acids is 1. The van der Waals surface area contributed by atoms with Crippen LogP contribution in [0.15, 0.2) is 30.3 Å². The lowest BCUT2D eigenvalue weighted by Gasteiger charge is -2.41. The zero-order valence-corrected chi connectivity index (χ0v) is 14.2. The van der Waals surface area contributed by atoms with E-state index in [1.807, 2.05) is 0 Å². The number of nitrogens with zero attached hydrogens (tertiary/aromatic N) is 1. The molecule has 0 radical (unpaired) electrons. The van der Waals surface area contributed by atoms with Gasteiger partial charge in [0.05, 0.1) is 32.5 Å². The molecule has 2 N–H and O–H groups in total. The summed E-state index contributed by atoms with van der Waals surface area (Å²) in [6.07, 6.45) is -5.08. The third-order valence-corrected chi connectivity index (χ3v) is 4.17. The van der Waals surface area contributed by atoms with Crippen LogP contribution >= 0.6 is 0 Å². The molecule has 2 aliphatic rings. The van der Waals surface area contributed by atoms with Crippen LogP contribution in [0.4, 0.5) is 13.2 Å². The molecular formula is C17H23F3N2O4. The SMILES string of the molecule is O=C(O)C(F)(F)F.c1ccc(CN2CCOC[C@@H]2[C@H]2COCCN2)cc1. The molecule has 9 heteroatoms. The average Bonchev–Trinajstić information content (AvgIpc) is 2.63. The second kappa shape index (κ2) is 9.86. The predicted octanol–water partition coefficient (Wildman–Crippen LogP) is 1.51. The number of carboxylic acids is 1. The van der Waals surface area contributed by atoms with Gasteiger partial charge in [0.25, 0.3) is 0 Å². The fourth-order valence-corrected chi connectivity index (χ4v) is 2.87. The second-order valence-electron chi connectivity index (χ2n) is 6.04. The summed E-state index contributed by atoms with van der Waals surface area (Å²) in [6, 6.07) is 11.5. The summed E-state index contributed by atoms with van der Waals surface area (Å²) >= 11 is 0. The van der Waals surface area contributed by atoms with Crippen molar-refractivity contribution in [2.24, 2.45) is 0 Å². The van der Waals surface area contributed by atoms with Gasteiger partial charge in [-0.15, -0.1) is 0 Å². The number of hydrogen-bond donors (Lipinski definition) is 2. The molecule has 1 aromatic carbocycles. The van der Waals surface area contributed by atoms with Crippen LogP contribution in [-0.2, 0) is 20.8 Å². The highest BCUT2D eigenvalue weighted by Gasteiger charge is 2.38. The van der Waals surface area contributed by atoms with Crippen LogP contribution in [-0.4, -0.2) is 73.8 Å². The van der Waals surface area contributed by atoms with Crippen molar-refractivity contribution in [2.75, 3.05) is 39.5 Å². The first-order valence-electron chi connectivity index (χ1n) is 8.35. The van der Waals surface area contributed by atoms with Crippen molar-refractivity contribution in [1.29, 1.82) is 0 Å². The van der Waals surface area contributed by atoms with Crippen LogP contribution in [0.3, 0.4) is 0 Å². The highest BCUT2D eigenvalue weighted by molar-refractivity contribution is 5.73. The molecule has 3 rings (SSSR count). The van der Waals surface area contributed by atoms with Gasteiger partial charge in [-0.05, 0) is 5.56 Å².